The van der Waals surface area contributed by atoms with Gasteiger partial charge in [-0.1, -0.05) is 42.8 Å². The SMILES string of the molecule is O=C(CCCCCNC(C(=O)Nc1ccccc1)C(=O)Nc1ccccc1)NO. The van der Waals surface area contributed by atoms with Crippen molar-refractivity contribution in [3.63, 3.8) is 0 Å². The van der Waals surface area contributed by atoms with Gasteiger partial charge >= 0.3 is 0 Å². The van der Waals surface area contributed by atoms with Gasteiger partial charge in [-0.25, -0.2) is 5.48 Å². The summed E-state index contributed by atoms with van der Waals surface area (Å²) in [6, 6.07) is 16.8. The fraction of sp³-hybridized carbons (Fsp3) is 0.286. The van der Waals surface area contributed by atoms with Crippen molar-refractivity contribution in [2.45, 2.75) is 31.7 Å². The van der Waals surface area contributed by atoms with E-state index >= 15 is 0 Å². The summed E-state index contributed by atoms with van der Waals surface area (Å²) in [5.74, 6) is -1.34. The number of amides is 3. The van der Waals surface area contributed by atoms with Crippen LogP contribution in [0.5, 0.6) is 0 Å². The molecule has 0 aliphatic carbocycles. The molecule has 0 saturated carbocycles. The van der Waals surface area contributed by atoms with Crippen molar-refractivity contribution in [3.8, 4) is 0 Å². The zero-order valence-electron chi connectivity index (χ0n) is 16.1. The molecule has 2 aromatic rings. The monoisotopic (exact) mass is 398 g/mol. The standard InChI is InChI=1S/C21H26N4O4/c26-18(25-29)14-8-3-9-15-22-19(20(27)23-16-10-4-1-5-11-16)21(28)24-17-12-6-2-7-13-17/h1-2,4-7,10-13,19,22,29H,3,8-9,14-15H2,(H,23,27)(H,24,28)(H,25,26). The maximum Gasteiger partial charge on any atom is 0.251 e. The van der Waals surface area contributed by atoms with Crippen molar-refractivity contribution >= 4 is 29.1 Å². The summed E-state index contributed by atoms with van der Waals surface area (Å²) in [5, 5.41) is 16.9. The van der Waals surface area contributed by atoms with E-state index in [1.54, 1.807) is 54.0 Å². The molecule has 2 rings (SSSR count). The highest BCUT2D eigenvalue weighted by Crippen LogP contribution is 2.09. The fourth-order valence-electron chi connectivity index (χ4n) is 2.67. The smallest absolute Gasteiger partial charge is 0.251 e. The minimum absolute atomic E-state index is 0.225. The summed E-state index contributed by atoms with van der Waals surface area (Å²) in [6.45, 7) is 0.426. The zero-order valence-corrected chi connectivity index (χ0v) is 16.1. The first-order valence-electron chi connectivity index (χ1n) is 9.48. The Morgan fingerprint density at radius 2 is 1.28 bits per heavy atom. The van der Waals surface area contributed by atoms with Crippen LogP contribution < -0.4 is 21.4 Å². The Bertz CT molecular complexity index is 730. The second kappa shape index (κ2) is 12.3. The third-order valence-corrected chi connectivity index (χ3v) is 4.16. The molecule has 0 unspecified atom stereocenters. The van der Waals surface area contributed by atoms with Crippen molar-refractivity contribution in [1.29, 1.82) is 0 Å². The van der Waals surface area contributed by atoms with Crippen molar-refractivity contribution in [1.82, 2.24) is 10.8 Å². The number of nitrogens with one attached hydrogen (secondary N) is 4. The number of hydrogen-bond donors (Lipinski definition) is 5. The molecule has 0 heterocycles. The van der Waals surface area contributed by atoms with Gasteiger partial charge in [-0.05, 0) is 43.7 Å². The molecule has 2 aromatic carbocycles. The lowest BCUT2D eigenvalue weighted by molar-refractivity contribution is -0.129. The maximum absolute atomic E-state index is 12.7. The van der Waals surface area contributed by atoms with Crippen molar-refractivity contribution in [3.05, 3.63) is 60.7 Å². The Morgan fingerprint density at radius 1 is 0.759 bits per heavy atom. The van der Waals surface area contributed by atoms with Gasteiger partial charge in [-0.15, -0.1) is 0 Å². The quantitative estimate of drug-likeness (QED) is 0.172. The van der Waals surface area contributed by atoms with E-state index in [9.17, 15) is 14.4 Å². The van der Waals surface area contributed by atoms with Gasteiger partial charge in [0.25, 0.3) is 11.8 Å². The maximum atomic E-state index is 12.7. The largest absolute Gasteiger partial charge is 0.324 e. The van der Waals surface area contributed by atoms with Crippen LogP contribution in [-0.2, 0) is 14.4 Å². The lowest BCUT2D eigenvalue weighted by Gasteiger charge is -2.18. The molecule has 3 amide bonds. The molecule has 0 atom stereocenters. The first-order chi connectivity index (χ1) is 14.1. The van der Waals surface area contributed by atoms with Crippen LogP contribution in [-0.4, -0.2) is 35.5 Å². The van der Waals surface area contributed by atoms with Gasteiger partial charge in [0.15, 0.2) is 6.04 Å². The van der Waals surface area contributed by atoms with Gasteiger partial charge in [0.1, 0.15) is 0 Å². The second-order valence-electron chi connectivity index (χ2n) is 6.44. The third-order valence-electron chi connectivity index (χ3n) is 4.16. The summed E-state index contributed by atoms with van der Waals surface area (Å²) in [4.78, 5) is 36.4. The number of benzene rings is 2. The lowest BCUT2D eigenvalue weighted by Crippen LogP contribution is -2.49. The number of rotatable bonds is 11. The molecule has 29 heavy (non-hydrogen) atoms. The Kier molecular flexibility index (Phi) is 9.34. The summed E-state index contributed by atoms with van der Waals surface area (Å²) in [6.07, 6.45) is 2.22. The van der Waals surface area contributed by atoms with E-state index in [2.05, 4.69) is 16.0 Å². The highest BCUT2D eigenvalue weighted by Gasteiger charge is 2.26. The molecular weight excluding hydrogens is 372 g/mol. The van der Waals surface area contributed by atoms with Crippen LogP contribution in [0.4, 0.5) is 11.4 Å². The van der Waals surface area contributed by atoms with E-state index < -0.39 is 23.8 Å². The average Bonchev–Trinajstić information content (AvgIpc) is 2.74. The third kappa shape index (κ3) is 8.12. The van der Waals surface area contributed by atoms with Crippen molar-refractivity contribution < 1.29 is 19.6 Å². The van der Waals surface area contributed by atoms with Crippen molar-refractivity contribution in [2.75, 3.05) is 17.2 Å². The van der Waals surface area contributed by atoms with Crippen LogP contribution in [0, 0.1) is 0 Å². The van der Waals surface area contributed by atoms with Gasteiger partial charge in [0, 0.05) is 17.8 Å². The molecule has 0 spiro atoms. The molecule has 8 heteroatoms. The molecule has 0 saturated heterocycles. The number of hydrogen-bond acceptors (Lipinski definition) is 5. The van der Waals surface area contributed by atoms with Crippen LogP contribution in [0.2, 0.25) is 0 Å². The van der Waals surface area contributed by atoms with Crippen molar-refractivity contribution in [2.24, 2.45) is 0 Å². The lowest BCUT2D eigenvalue weighted by atomic mass is 10.1. The summed E-state index contributed by atoms with van der Waals surface area (Å²) in [5.41, 5.74) is 2.80. The molecular formula is C21H26N4O4. The average molecular weight is 398 g/mol. The molecule has 0 aromatic heterocycles. The Labute approximate surface area is 169 Å². The summed E-state index contributed by atoms with van der Waals surface area (Å²) >= 11 is 0. The van der Waals surface area contributed by atoms with Gasteiger partial charge in [-0.2, -0.15) is 0 Å². The van der Waals surface area contributed by atoms with Crippen LogP contribution in [0.3, 0.4) is 0 Å². The Morgan fingerprint density at radius 3 is 1.76 bits per heavy atom. The molecule has 0 bridgehead atoms. The molecule has 0 fully saturated rings. The second-order valence-corrected chi connectivity index (χ2v) is 6.44. The minimum Gasteiger partial charge on any atom is -0.324 e. The summed E-state index contributed by atoms with van der Waals surface area (Å²) < 4.78 is 0. The van der Waals surface area contributed by atoms with Crippen LogP contribution in [0.15, 0.2) is 60.7 Å². The normalized spacial score (nSPS) is 10.4. The first kappa shape index (κ1) is 22.1. The van der Waals surface area contributed by atoms with E-state index in [0.717, 1.165) is 0 Å². The predicted octanol–water partition coefficient (Wildman–Crippen LogP) is 2.29. The van der Waals surface area contributed by atoms with Gasteiger partial charge < -0.3 is 10.6 Å². The van der Waals surface area contributed by atoms with E-state index in [1.807, 2.05) is 12.1 Å². The van der Waals surface area contributed by atoms with E-state index in [1.165, 1.54) is 0 Å². The highest BCUT2D eigenvalue weighted by molar-refractivity contribution is 6.14. The molecule has 5 N–H and O–H groups in total. The number of para-hydroxylation sites is 2. The number of carbonyl (C=O) groups is 3. The minimum atomic E-state index is -1.07. The van der Waals surface area contributed by atoms with Crippen LogP contribution in [0.1, 0.15) is 25.7 Å². The van der Waals surface area contributed by atoms with E-state index in [4.69, 9.17) is 5.21 Å². The number of anilines is 2. The van der Waals surface area contributed by atoms with Gasteiger partial charge in [0.2, 0.25) is 5.91 Å². The molecule has 154 valence electrons. The Hall–Kier alpha value is -3.23. The number of unbranched alkanes of at least 4 members (excludes halogenated alkanes) is 2. The van der Waals surface area contributed by atoms with E-state index in [-0.39, 0.29) is 6.42 Å². The van der Waals surface area contributed by atoms with Crippen LogP contribution in [0.25, 0.3) is 0 Å². The molecule has 0 aliphatic heterocycles. The van der Waals surface area contributed by atoms with Crippen LogP contribution >= 0.6 is 0 Å². The molecule has 8 nitrogen and oxygen atoms in total. The Balaban J connectivity index is 1.92. The van der Waals surface area contributed by atoms with E-state index in [0.29, 0.717) is 37.2 Å². The number of hydroxylamine groups is 1. The fourth-order valence-corrected chi connectivity index (χ4v) is 2.67. The first-order valence-corrected chi connectivity index (χ1v) is 9.48. The topological polar surface area (TPSA) is 120 Å². The predicted molar refractivity (Wildman–Crippen MR) is 110 cm³/mol. The molecule has 0 aliphatic rings. The molecule has 0 radical (unpaired) electrons. The van der Waals surface area contributed by atoms with Gasteiger partial charge in [-0.3, -0.25) is 24.9 Å². The number of carbonyl (C=O) groups excluding carboxylic acids is 3. The van der Waals surface area contributed by atoms with Gasteiger partial charge in [0.05, 0.1) is 0 Å². The summed E-state index contributed by atoms with van der Waals surface area (Å²) in [7, 11) is 0. The highest BCUT2D eigenvalue weighted by atomic mass is 16.5. The zero-order chi connectivity index (χ0) is 20.9.